The summed E-state index contributed by atoms with van der Waals surface area (Å²) in [6.45, 7) is 3.93. The third-order valence-electron chi connectivity index (χ3n) is 5.49. The summed E-state index contributed by atoms with van der Waals surface area (Å²) in [5.41, 5.74) is 6.60. The largest absolute Gasteiger partial charge is 0.324 e. The van der Waals surface area contributed by atoms with Gasteiger partial charge < -0.3 is 9.88 Å². The molecule has 0 spiro atoms. The van der Waals surface area contributed by atoms with Crippen molar-refractivity contribution >= 4 is 23.0 Å². The monoisotopic (exact) mass is 424 g/mol. The zero-order valence-corrected chi connectivity index (χ0v) is 17.8. The summed E-state index contributed by atoms with van der Waals surface area (Å²) in [7, 11) is 0. The number of amides is 1. The van der Waals surface area contributed by atoms with E-state index in [1.165, 1.54) is 12.1 Å². The van der Waals surface area contributed by atoms with Gasteiger partial charge in [-0.15, -0.1) is 0 Å². The van der Waals surface area contributed by atoms with Crippen LogP contribution < -0.4 is 5.32 Å². The fourth-order valence-electron chi connectivity index (χ4n) is 3.97. The van der Waals surface area contributed by atoms with E-state index in [-0.39, 0.29) is 18.1 Å². The minimum atomic E-state index is -0.283. The average Bonchev–Trinajstić information content (AvgIpc) is 3.02. The third kappa shape index (κ3) is 3.83. The van der Waals surface area contributed by atoms with E-state index < -0.39 is 0 Å². The molecule has 0 fully saturated rings. The van der Waals surface area contributed by atoms with Gasteiger partial charge in [0.1, 0.15) is 11.6 Å². The Kier molecular flexibility index (Phi) is 4.90. The number of aromatic nitrogens is 2. The van der Waals surface area contributed by atoms with Crippen molar-refractivity contribution in [3.05, 3.63) is 95.8 Å². The van der Waals surface area contributed by atoms with Crippen LogP contribution in [0.3, 0.4) is 0 Å². The van der Waals surface area contributed by atoms with E-state index in [1.54, 1.807) is 12.1 Å². The van der Waals surface area contributed by atoms with Gasteiger partial charge in [0.2, 0.25) is 5.91 Å². The molecule has 0 aliphatic carbocycles. The number of fused-ring (bicyclic) bond motifs is 1. The van der Waals surface area contributed by atoms with Crippen LogP contribution in [0.4, 0.5) is 15.8 Å². The molecule has 0 radical (unpaired) electrons. The smallest absolute Gasteiger partial charge is 0.230 e. The lowest BCUT2D eigenvalue weighted by atomic mass is 10.0. The Morgan fingerprint density at radius 1 is 0.938 bits per heavy atom. The normalized spacial score (nSPS) is 13.2. The summed E-state index contributed by atoms with van der Waals surface area (Å²) in [5.74, 6) is 0.493. The van der Waals surface area contributed by atoms with Gasteiger partial charge in [-0.05, 0) is 66.9 Å². The highest BCUT2D eigenvalue weighted by Gasteiger charge is 2.18. The van der Waals surface area contributed by atoms with E-state index in [9.17, 15) is 9.18 Å². The molecule has 32 heavy (non-hydrogen) atoms. The molecule has 0 saturated carbocycles. The van der Waals surface area contributed by atoms with Crippen LogP contribution in [0, 0.1) is 19.7 Å². The molecular formula is C26H21FN4O. The van der Waals surface area contributed by atoms with Gasteiger partial charge in [0.15, 0.2) is 0 Å². The van der Waals surface area contributed by atoms with Crippen LogP contribution in [0.2, 0.25) is 0 Å². The van der Waals surface area contributed by atoms with Gasteiger partial charge >= 0.3 is 0 Å². The first kappa shape index (κ1) is 19.9. The summed E-state index contributed by atoms with van der Waals surface area (Å²) < 4.78 is 15.3. The van der Waals surface area contributed by atoms with E-state index in [4.69, 9.17) is 4.99 Å². The van der Waals surface area contributed by atoms with Crippen molar-refractivity contribution in [2.75, 3.05) is 5.32 Å². The molecule has 1 aromatic heterocycles. The van der Waals surface area contributed by atoms with Crippen LogP contribution in [0.25, 0.3) is 16.8 Å². The van der Waals surface area contributed by atoms with E-state index in [0.29, 0.717) is 17.1 Å². The Hall–Kier alpha value is -4.06. The molecule has 4 aromatic rings. The zero-order valence-electron chi connectivity index (χ0n) is 17.8. The fraction of sp³-hybridized carbons (Fsp3) is 0.115. The second kappa shape index (κ2) is 7.89. The highest BCUT2D eigenvalue weighted by molar-refractivity contribution is 6.17. The van der Waals surface area contributed by atoms with Gasteiger partial charge in [-0.2, -0.15) is 0 Å². The molecule has 5 nitrogen and oxygen atoms in total. The number of nitrogens with one attached hydrogen (secondary N) is 1. The molecule has 1 aliphatic heterocycles. The van der Waals surface area contributed by atoms with Crippen LogP contribution in [-0.2, 0) is 4.79 Å². The van der Waals surface area contributed by atoms with Crippen LogP contribution in [0.5, 0.6) is 0 Å². The van der Waals surface area contributed by atoms with Gasteiger partial charge in [0.05, 0.1) is 29.2 Å². The SMILES string of the molecule is Cc1cn(-c2cccc(C3=Nc4ccc(-c5ccc(F)cc5)cc4NC(=O)C3)c2)c(C)n1. The van der Waals surface area contributed by atoms with Crippen LogP contribution in [0.1, 0.15) is 23.5 Å². The second-order valence-corrected chi connectivity index (χ2v) is 7.87. The molecular weight excluding hydrogens is 403 g/mol. The van der Waals surface area contributed by atoms with Gasteiger partial charge in [0.25, 0.3) is 0 Å². The Balaban J connectivity index is 1.54. The van der Waals surface area contributed by atoms with Crippen molar-refractivity contribution in [3.8, 4) is 16.8 Å². The van der Waals surface area contributed by atoms with Crippen molar-refractivity contribution in [3.63, 3.8) is 0 Å². The van der Waals surface area contributed by atoms with Gasteiger partial charge in [0, 0.05) is 11.9 Å². The number of aryl methyl sites for hydroxylation is 2. The summed E-state index contributed by atoms with van der Waals surface area (Å²) in [6.07, 6.45) is 2.16. The first-order valence-electron chi connectivity index (χ1n) is 10.4. The van der Waals surface area contributed by atoms with Crippen LogP contribution in [0.15, 0.2) is 77.9 Å². The number of hydrogen-bond acceptors (Lipinski definition) is 3. The van der Waals surface area contributed by atoms with Crippen LogP contribution >= 0.6 is 0 Å². The van der Waals surface area contributed by atoms with Crippen molar-refractivity contribution in [1.82, 2.24) is 9.55 Å². The van der Waals surface area contributed by atoms with Crippen molar-refractivity contribution in [2.24, 2.45) is 4.99 Å². The van der Waals surface area contributed by atoms with E-state index in [0.717, 1.165) is 33.9 Å². The van der Waals surface area contributed by atoms with Crippen molar-refractivity contribution < 1.29 is 9.18 Å². The summed E-state index contributed by atoms with van der Waals surface area (Å²) >= 11 is 0. The lowest BCUT2D eigenvalue weighted by Crippen LogP contribution is -2.15. The van der Waals surface area contributed by atoms with E-state index >= 15 is 0 Å². The number of nitrogens with zero attached hydrogens (tertiary/aromatic N) is 3. The molecule has 6 heteroatoms. The van der Waals surface area contributed by atoms with Crippen molar-refractivity contribution in [2.45, 2.75) is 20.3 Å². The molecule has 1 aliphatic rings. The number of anilines is 1. The molecule has 0 atom stereocenters. The number of carbonyl (C=O) groups excluding carboxylic acids is 1. The zero-order chi connectivity index (χ0) is 22.2. The van der Waals surface area contributed by atoms with Crippen LogP contribution in [-0.4, -0.2) is 21.2 Å². The Bertz CT molecular complexity index is 1370. The maximum atomic E-state index is 13.3. The predicted octanol–water partition coefficient (Wildman–Crippen LogP) is 5.76. The second-order valence-electron chi connectivity index (χ2n) is 7.87. The van der Waals surface area contributed by atoms with Gasteiger partial charge in [-0.25, -0.2) is 9.37 Å². The first-order valence-corrected chi connectivity index (χ1v) is 10.4. The molecule has 0 bridgehead atoms. The molecule has 1 N–H and O–H groups in total. The Morgan fingerprint density at radius 2 is 1.72 bits per heavy atom. The van der Waals surface area contributed by atoms with E-state index in [1.807, 2.05) is 67.1 Å². The molecule has 2 heterocycles. The molecule has 158 valence electrons. The predicted molar refractivity (Wildman–Crippen MR) is 124 cm³/mol. The number of imidazole rings is 1. The minimum Gasteiger partial charge on any atom is -0.324 e. The minimum absolute atomic E-state index is 0.126. The summed E-state index contributed by atoms with van der Waals surface area (Å²) in [4.78, 5) is 22.0. The Labute approximate surface area is 185 Å². The lowest BCUT2D eigenvalue weighted by Gasteiger charge is -2.09. The standard InChI is InChI=1S/C26H21FN4O/c1-16-15-31(17(2)28-16)22-5-3-4-20(12-22)24-14-26(32)30-25-13-19(8-11-23(25)29-24)18-6-9-21(27)10-7-18/h3-13,15H,14H2,1-2H3,(H,30,32). The highest BCUT2D eigenvalue weighted by Crippen LogP contribution is 2.34. The number of aliphatic imine (C=N–C) groups is 1. The number of rotatable bonds is 3. The summed E-state index contributed by atoms with van der Waals surface area (Å²) in [6, 6.07) is 19.9. The maximum absolute atomic E-state index is 13.3. The Morgan fingerprint density at radius 3 is 2.47 bits per heavy atom. The lowest BCUT2D eigenvalue weighted by molar-refractivity contribution is -0.115. The third-order valence-corrected chi connectivity index (χ3v) is 5.49. The molecule has 0 saturated heterocycles. The molecule has 3 aromatic carbocycles. The number of benzene rings is 3. The molecule has 0 unspecified atom stereocenters. The molecule has 5 rings (SSSR count). The van der Waals surface area contributed by atoms with Crippen molar-refractivity contribution in [1.29, 1.82) is 0 Å². The van der Waals surface area contributed by atoms with Gasteiger partial charge in [-0.1, -0.05) is 30.3 Å². The fourth-order valence-corrected chi connectivity index (χ4v) is 3.97. The highest BCUT2D eigenvalue weighted by atomic mass is 19.1. The molecule has 1 amide bonds. The number of halogens is 1. The average molecular weight is 424 g/mol. The van der Waals surface area contributed by atoms with Gasteiger partial charge in [-0.3, -0.25) is 9.79 Å². The number of hydrogen-bond donors (Lipinski definition) is 1. The number of carbonyl (C=O) groups is 1. The van der Waals surface area contributed by atoms with E-state index in [2.05, 4.69) is 10.3 Å². The quantitative estimate of drug-likeness (QED) is 0.455. The maximum Gasteiger partial charge on any atom is 0.230 e. The first-order chi connectivity index (χ1) is 15.5. The summed E-state index contributed by atoms with van der Waals surface area (Å²) in [5, 5.41) is 2.96. The topological polar surface area (TPSA) is 59.3 Å².